The van der Waals surface area contributed by atoms with E-state index in [9.17, 15) is 4.79 Å². The van der Waals surface area contributed by atoms with Crippen LogP contribution in [0.25, 0.3) is 0 Å². The van der Waals surface area contributed by atoms with Gasteiger partial charge < -0.3 is 15.3 Å². The van der Waals surface area contributed by atoms with Crippen LogP contribution in [0.4, 0.5) is 0 Å². The van der Waals surface area contributed by atoms with Gasteiger partial charge >= 0.3 is 0 Å². The Morgan fingerprint density at radius 2 is 2.14 bits per heavy atom. The van der Waals surface area contributed by atoms with Crippen molar-refractivity contribution in [2.45, 2.75) is 19.8 Å². The molecule has 112 valence electrons. The van der Waals surface area contributed by atoms with Crippen molar-refractivity contribution >= 4 is 5.91 Å². The van der Waals surface area contributed by atoms with Gasteiger partial charge in [0.15, 0.2) is 0 Å². The lowest BCUT2D eigenvalue weighted by Gasteiger charge is -2.15. The maximum Gasteiger partial charge on any atom is 0.251 e. The molecule has 0 unspecified atom stereocenters. The zero-order valence-corrected chi connectivity index (χ0v) is 12.5. The third-order valence-corrected chi connectivity index (χ3v) is 3.79. The standard InChI is InChI=1S/C17H22N2O2/c1-14-15(7-5-13-20)6-4-8-16(14)17(21)18-9-12-19-10-2-3-11-19/h4,6,8,20H,2-3,9-13H2,1H3,(H,18,21). The molecule has 2 rings (SSSR count). The summed E-state index contributed by atoms with van der Waals surface area (Å²) in [6.45, 7) is 5.57. The maximum atomic E-state index is 12.2. The van der Waals surface area contributed by atoms with Crippen LogP contribution in [0.3, 0.4) is 0 Å². The number of rotatable bonds is 4. The van der Waals surface area contributed by atoms with Gasteiger partial charge in [-0.2, -0.15) is 0 Å². The van der Waals surface area contributed by atoms with Crippen LogP contribution in [0.1, 0.15) is 34.3 Å². The molecule has 0 saturated carbocycles. The lowest BCUT2D eigenvalue weighted by Crippen LogP contribution is -2.33. The van der Waals surface area contributed by atoms with Crippen molar-refractivity contribution in [3.63, 3.8) is 0 Å². The zero-order valence-electron chi connectivity index (χ0n) is 12.5. The predicted molar refractivity (Wildman–Crippen MR) is 83.2 cm³/mol. The van der Waals surface area contributed by atoms with E-state index in [0.29, 0.717) is 12.1 Å². The summed E-state index contributed by atoms with van der Waals surface area (Å²) < 4.78 is 0. The van der Waals surface area contributed by atoms with Crippen LogP contribution < -0.4 is 5.32 Å². The van der Waals surface area contributed by atoms with E-state index in [1.807, 2.05) is 25.1 Å². The molecule has 1 heterocycles. The highest BCUT2D eigenvalue weighted by Gasteiger charge is 2.13. The molecule has 0 aliphatic carbocycles. The summed E-state index contributed by atoms with van der Waals surface area (Å²) >= 11 is 0. The van der Waals surface area contributed by atoms with Gasteiger partial charge in [0.25, 0.3) is 5.91 Å². The minimum atomic E-state index is -0.175. The predicted octanol–water partition coefficient (Wildman–Crippen LogP) is 1.16. The van der Waals surface area contributed by atoms with E-state index < -0.39 is 0 Å². The number of hydrogen-bond donors (Lipinski definition) is 2. The number of amides is 1. The fraction of sp³-hybridized carbons (Fsp3) is 0.471. The van der Waals surface area contributed by atoms with Crippen molar-refractivity contribution in [2.75, 3.05) is 32.8 Å². The van der Waals surface area contributed by atoms with Gasteiger partial charge in [-0.25, -0.2) is 0 Å². The van der Waals surface area contributed by atoms with E-state index in [1.54, 1.807) is 0 Å². The molecule has 1 aliphatic rings. The van der Waals surface area contributed by atoms with Gasteiger partial charge in [0.2, 0.25) is 0 Å². The van der Waals surface area contributed by atoms with Crippen LogP contribution in [0.15, 0.2) is 18.2 Å². The first-order valence-electron chi connectivity index (χ1n) is 7.42. The first kappa shape index (κ1) is 15.6. The van der Waals surface area contributed by atoms with E-state index in [4.69, 9.17) is 5.11 Å². The summed E-state index contributed by atoms with van der Waals surface area (Å²) in [5.41, 5.74) is 2.30. The van der Waals surface area contributed by atoms with Gasteiger partial charge in [0, 0.05) is 24.2 Å². The van der Waals surface area contributed by atoms with Crippen molar-refractivity contribution < 1.29 is 9.90 Å². The average molecular weight is 286 g/mol. The Kier molecular flexibility index (Phi) is 5.79. The lowest BCUT2D eigenvalue weighted by molar-refractivity contribution is 0.0949. The molecule has 0 spiro atoms. The van der Waals surface area contributed by atoms with Gasteiger partial charge in [-0.1, -0.05) is 17.9 Å². The van der Waals surface area contributed by atoms with Gasteiger partial charge in [-0.05, 0) is 50.6 Å². The van der Waals surface area contributed by atoms with E-state index in [1.165, 1.54) is 12.8 Å². The summed E-state index contributed by atoms with van der Waals surface area (Å²) in [7, 11) is 0. The Labute approximate surface area is 126 Å². The van der Waals surface area contributed by atoms with Crippen LogP contribution in [0.2, 0.25) is 0 Å². The smallest absolute Gasteiger partial charge is 0.251 e. The molecule has 1 amide bonds. The number of nitrogens with one attached hydrogen (secondary N) is 1. The van der Waals surface area contributed by atoms with E-state index in [-0.39, 0.29) is 12.5 Å². The summed E-state index contributed by atoms with van der Waals surface area (Å²) in [6, 6.07) is 5.49. The summed E-state index contributed by atoms with van der Waals surface area (Å²) in [5.74, 6) is 5.43. The number of nitrogens with zero attached hydrogens (tertiary/aromatic N) is 1. The first-order chi connectivity index (χ1) is 10.2. The minimum absolute atomic E-state index is 0.0562. The Morgan fingerprint density at radius 3 is 2.86 bits per heavy atom. The number of likely N-dealkylation sites (tertiary alicyclic amines) is 1. The van der Waals surface area contributed by atoms with Crippen molar-refractivity contribution in [2.24, 2.45) is 0 Å². The van der Waals surface area contributed by atoms with Crippen molar-refractivity contribution in [1.82, 2.24) is 10.2 Å². The summed E-state index contributed by atoms with van der Waals surface area (Å²) in [4.78, 5) is 14.6. The minimum Gasteiger partial charge on any atom is -0.384 e. The Balaban J connectivity index is 1.95. The highest BCUT2D eigenvalue weighted by atomic mass is 16.2. The fourth-order valence-electron chi connectivity index (χ4n) is 2.58. The van der Waals surface area contributed by atoms with Gasteiger partial charge in [-0.15, -0.1) is 0 Å². The van der Waals surface area contributed by atoms with Gasteiger partial charge in [0.1, 0.15) is 6.61 Å². The molecule has 4 heteroatoms. The molecule has 1 aromatic carbocycles. The second-order valence-corrected chi connectivity index (χ2v) is 5.24. The molecule has 1 saturated heterocycles. The Bertz CT molecular complexity index is 552. The molecule has 2 N–H and O–H groups in total. The third-order valence-electron chi connectivity index (χ3n) is 3.79. The lowest BCUT2D eigenvalue weighted by atomic mass is 10.0. The largest absolute Gasteiger partial charge is 0.384 e. The molecule has 1 aromatic rings. The molecule has 1 fully saturated rings. The van der Waals surface area contributed by atoms with Crippen LogP contribution in [-0.4, -0.2) is 48.7 Å². The quantitative estimate of drug-likeness (QED) is 0.817. The molecule has 0 radical (unpaired) electrons. The summed E-state index contributed by atoms with van der Waals surface area (Å²) in [6.07, 6.45) is 2.53. The zero-order chi connectivity index (χ0) is 15.1. The summed E-state index contributed by atoms with van der Waals surface area (Å²) in [5, 5.41) is 11.7. The third kappa shape index (κ3) is 4.32. The Morgan fingerprint density at radius 1 is 1.38 bits per heavy atom. The fourth-order valence-corrected chi connectivity index (χ4v) is 2.58. The van der Waals surface area contributed by atoms with Gasteiger partial charge in [0.05, 0.1) is 0 Å². The van der Waals surface area contributed by atoms with E-state index >= 15 is 0 Å². The molecular weight excluding hydrogens is 264 g/mol. The SMILES string of the molecule is Cc1c(C#CCO)cccc1C(=O)NCCN1CCCC1. The van der Waals surface area contributed by atoms with Crippen molar-refractivity contribution in [3.8, 4) is 11.8 Å². The molecule has 21 heavy (non-hydrogen) atoms. The highest BCUT2D eigenvalue weighted by Crippen LogP contribution is 2.13. The molecule has 1 aliphatic heterocycles. The normalized spacial score (nSPS) is 14.6. The van der Waals surface area contributed by atoms with Crippen LogP contribution in [0.5, 0.6) is 0 Å². The maximum absolute atomic E-state index is 12.2. The molecular formula is C17H22N2O2. The van der Waals surface area contributed by atoms with Crippen LogP contribution in [-0.2, 0) is 0 Å². The molecule has 0 bridgehead atoms. The second-order valence-electron chi connectivity index (χ2n) is 5.24. The monoisotopic (exact) mass is 286 g/mol. The van der Waals surface area contributed by atoms with Crippen molar-refractivity contribution in [3.05, 3.63) is 34.9 Å². The molecule has 4 nitrogen and oxygen atoms in total. The van der Waals surface area contributed by atoms with E-state index in [2.05, 4.69) is 22.1 Å². The first-order valence-corrected chi connectivity index (χ1v) is 7.42. The number of carbonyl (C=O) groups excluding carboxylic acids is 1. The molecule has 0 aromatic heterocycles. The number of carbonyl (C=O) groups is 1. The number of aliphatic hydroxyl groups excluding tert-OH is 1. The highest BCUT2D eigenvalue weighted by molar-refractivity contribution is 5.96. The topological polar surface area (TPSA) is 52.6 Å². The van der Waals surface area contributed by atoms with Crippen molar-refractivity contribution in [1.29, 1.82) is 0 Å². The molecule has 0 atom stereocenters. The number of aliphatic hydroxyl groups is 1. The number of hydrogen-bond acceptors (Lipinski definition) is 3. The van der Waals surface area contributed by atoms with Crippen LogP contribution >= 0.6 is 0 Å². The van der Waals surface area contributed by atoms with Crippen LogP contribution in [0, 0.1) is 18.8 Å². The van der Waals surface area contributed by atoms with Gasteiger partial charge in [-0.3, -0.25) is 4.79 Å². The van der Waals surface area contributed by atoms with E-state index in [0.717, 1.165) is 30.8 Å². The average Bonchev–Trinajstić information content (AvgIpc) is 2.99. The Hall–Kier alpha value is -1.83. The second kappa shape index (κ2) is 7.82. The number of benzene rings is 1.